The van der Waals surface area contributed by atoms with Gasteiger partial charge in [0.15, 0.2) is 0 Å². The van der Waals surface area contributed by atoms with Crippen LogP contribution in [0.1, 0.15) is 27.0 Å². The molecule has 5 aromatic rings. The molecular formula is C39H36N4O3S2. The smallest absolute Gasteiger partial charge is 0.254 e. The number of amides is 3. The quantitative estimate of drug-likeness (QED) is 0.0649. The Morgan fingerprint density at radius 1 is 0.688 bits per heavy atom. The molecule has 0 radical (unpaired) electrons. The summed E-state index contributed by atoms with van der Waals surface area (Å²) in [4.78, 5) is 41.9. The first-order valence-electron chi connectivity index (χ1n) is 15.4. The van der Waals surface area contributed by atoms with Gasteiger partial charge in [0, 0.05) is 24.1 Å². The molecule has 0 heterocycles. The number of thiol groups is 1. The van der Waals surface area contributed by atoms with E-state index in [4.69, 9.17) is 5.41 Å². The van der Waals surface area contributed by atoms with E-state index in [2.05, 4.69) is 22.9 Å². The number of thioether (sulfide) groups is 1. The van der Waals surface area contributed by atoms with Crippen molar-refractivity contribution in [1.29, 1.82) is 5.41 Å². The normalized spacial score (nSPS) is 11.3. The fourth-order valence-corrected chi connectivity index (χ4v) is 5.81. The van der Waals surface area contributed by atoms with E-state index in [0.717, 1.165) is 33.4 Å². The molecule has 7 nitrogen and oxygen atoms in total. The Kier molecular flexibility index (Phi) is 11.9. The number of hydrogen-bond donors (Lipinski definition) is 4. The third kappa shape index (κ3) is 8.82. The van der Waals surface area contributed by atoms with Crippen LogP contribution in [0.3, 0.4) is 0 Å². The Morgan fingerprint density at radius 3 is 1.67 bits per heavy atom. The first-order chi connectivity index (χ1) is 23.4. The van der Waals surface area contributed by atoms with Gasteiger partial charge in [-0.25, -0.2) is 0 Å². The Bertz CT molecular complexity index is 1850. The zero-order valence-corrected chi connectivity index (χ0v) is 28.1. The molecule has 0 aliphatic rings. The molecule has 0 saturated carbocycles. The number of nitrogens with one attached hydrogen (secondary N) is 3. The van der Waals surface area contributed by atoms with E-state index in [1.54, 1.807) is 29.2 Å². The van der Waals surface area contributed by atoms with Gasteiger partial charge in [0.05, 0.1) is 11.6 Å². The van der Waals surface area contributed by atoms with Crippen LogP contribution in [0.4, 0.5) is 0 Å². The van der Waals surface area contributed by atoms with Gasteiger partial charge in [-0.3, -0.25) is 19.8 Å². The van der Waals surface area contributed by atoms with Crippen LogP contribution in [0.5, 0.6) is 0 Å². The fraction of sp³-hybridized carbons (Fsp3) is 0.128. The molecule has 242 valence electrons. The molecule has 1 atom stereocenters. The second-order valence-corrected chi connectivity index (χ2v) is 12.2. The molecule has 3 N–H and O–H groups in total. The van der Waals surface area contributed by atoms with Gasteiger partial charge in [-0.15, -0.1) is 11.8 Å². The van der Waals surface area contributed by atoms with Crippen LogP contribution >= 0.6 is 24.6 Å². The second kappa shape index (κ2) is 16.6. The maximum Gasteiger partial charge on any atom is 0.254 e. The minimum absolute atomic E-state index is 0.148. The van der Waals surface area contributed by atoms with Crippen LogP contribution < -0.4 is 10.0 Å². The van der Waals surface area contributed by atoms with E-state index < -0.39 is 17.9 Å². The standard InChI is InChI=1S/C39H36N4O3S2/c1-48-37(40)33-20-22-34(23-21-33)39(46)43(26-28-14-18-32(19-15-28)30-10-6-3-7-11-30)35(38(45)41-25-36(44)42-47)24-27-12-16-31(17-13-27)29-8-4-2-5-9-29/h2-23,35,40,47H,24-26H2,1H3,(H,41,45)(H,42,44). The molecule has 5 aromatic carbocycles. The number of nitrogens with zero attached hydrogens (tertiary/aromatic N) is 1. The van der Waals surface area contributed by atoms with Gasteiger partial charge in [0.25, 0.3) is 5.91 Å². The molecular weight excluding hydrogens is 637 g/mol. The number of hydrogen-bond acceptors (Lipinski definition) is 6. The van der Waals surface area contributed by atoms with Crippen molar-refractivity contribution >= 4 is 47.3 Å². The first kappa shape index (κ1) is 34.2. The molecule has 9 heteroatoms. The average molecular weight is 673 g/mol. The van der Waals surface area contributed by atoms with Crippen LogP contribution in [0.2, 0.25) is 0 Å². The lowest BCUT2D eigenvalue weighted by Crippen LogP contribution is -2.51. The van der Waals surface area contributed by atoms with Gasteiger partial charge in [-0.1, -0.05) is 134 Å². The Labute approximate surface area is 290 Å². The van der Waals surface area contributed by atoms with E-state index in [1.165, 1.54) is 11.8 Å². The predicted molar refractivity (Wildman–Crippen MR) is 198 cm³/mol. The molecule has 1 unspecified atom stereocenters. The van der Waals surface area contributed by atoms with Crippen molar-refractivity contribution in [3.05, 3.63) is 156 Å². The van der Waals surface area contributed by atoms with Crippen LogP contribution in [-0.4, -0.2) is 46.5 Å². The Hall–Kier alpha value is -5.12. The highest BCUT2D eigenvalue weighted by molar-refractivity contribution is 8.13. The molecule has 0 saturated heterocycles. The maximum absolute atomic E-state index is 14.4. The van der Waals surface area contributed by atoms with E-state index in [0.29, 0.717) is 16.2 Å². The summed E-state index contributed by atoms with van der Waals surface area (Å²) in [5.74, 6) is -1.28. The van der Waals surface area contributed by atoms with Gasteiger partial charge in [-0.05, 0) is 51.8 Å². The summed E-state index contributed by atoms with van der Waals surface area (Å²) in [7, 11) is 0. The third-order valence-corrected chi connectivity index (χ3v) is 8.88. The van der Waals surface area contributed by atoms with E-state index in [-0.39, 0.29) is 25.4 Å². The molecule has 0 bridgehead atoms. The lowest BCUT2D eigenvalue weighted by atomic mass is 9.98. The minimum Gasteiger partial charge on any atom is -0.345 e. The predicted octanol–water partition coefficient (Wildman–Crippen LogP) is 7.04. The highest BCUT2D eigenvalue weighted by Crippen LogP contribution is 2.24. The maximum atomic E-state index is 14.4. The van der Waals surface area contributed by atoms with Crippen LogP contribution in [-0.2, 0) is 22.6 Å². The van der Waals surface area contributed by atoms with Crippen LogP contribution in [0, 0.1) is 5.41 Å². The van der Waals surface area contributed by atoms with Crippen molar-refractivity contribution in [3.8, 4) is 22.3 Å². The van der Waals surface area contributed by atoms with E-state index in [1.807, 2.05) is 115 Å². The number of carbonyl (C=O) groups excluding carboxylic acids is 3. The summed E-state index contributed by atoms with van der Waals surface area (Å²) in [5, 5.41) is 11.3. The van der Waals surface area contributed by atoms with Gasteiger partial charge in [0.1, 0.15) is 6.04 Å². The summed E-state index contributed by atoms with van der Waals surface area (Å²) in [6, 6.07) is 41.8. The summed E-state index contributed by atoms with van der Waals surface area (Å²) in [5.41, 5.74) is 7.01. The van der Waals surface area contributed by atoms with E-state index in [9.17, 15) is 14.4 Å². The number of rotatable bonds is 12. The van der Waals surface area contributed by atoms with Crippen molar-refractivity contribution in [2.45, 2.75) is 19.0 Å². The number of benzene rings is 5. The molecule has 0 aliphatic carbocycles. The molecule has 0 aliphatic heterocycles. The van der Waals surface area contributed by atoms with Crippen LogP contribution in [0.15, 0.2) is 133 Å². The Morgan fingerprint density at radius 2 is 1.17 bits per heavy atom. The fourth-order valence-electron chi connectivity index (χ4n) is 5.36. The van der Waals surface area contributed by atoms with Crippen molar-refractivity contribution in [2.75, 3.05) is 12.8 Å². The third-order valence-electron chi connectivity index (χ3n) is 7.99. The van der Waals surface area contributed by atoms with Gasteiger partial charge in [-0.2, -0.15) is 0 Å². The van der Waals surface area contributed by atoms with Crippen molar-refractivity contribution < 1.29 is 14.4 Å². The highest BCUT2D eigenvalue weighted by Gasteiger charge is 2.31. The van der Waals surface area contributed by atoms with Crippen LogP contribution in [0.25, 0.3) is 22.3 Å². The lowest BCUT2D eigenvalue weighted by Gasteiger charge is -2.31. The van der Waals surface area contributed by atoms with Gasteiger partial charge < -0.3 is 14.9 Å². The SMILES string of the molecule is CSC(=N)c1ccc(C(=O)N(Cc2ccc(-c3ccccc3)cc2)C(Cc2ccc(-c3ccccc3)cc2)C(=O)NCC(=O)NS)cc1. The molecule has 0 fully saturated rings. The number of carbonyl (C=O) groups is 3. The van der Waals surface area contributed by atoms with E-state index >= 15 is 0 Å². The zero-order chi connectivity index (χ0) is 33.9. The minimum atomic E-state index is -0.953. The van der Waals surface area contributed by atoms with Gasteiger partial charge in [0.2, 0.25) is 11.8 Å². The largest absolute Gasteiger partial charge is 0.345 e. The highest BCUT2D eigenvalue weighted by atomic mass is 32.2. The Balaban J connectivity index is 1.50. The topological polar surface area (TPSA) is 102 Å². The molecule has 3 amide bonds. The van der Waals surface area contributed by atoms with Crippen molar-refractivity contribution in [3.63, 3.8) is 0 Å². The first-order valence-corrected chi connectivity index (χ1v) is 17.1. The summed E-state index contributed by atoms with van der Waals surface area (Å²) in [6.07, 6.45) is 2.04. The molecule has 0 spiro atoms. The monoisotopic (exact) mass is 672 g/mol. The summed E-state index contributed by atoms with van der Waals surface area (Å²) in [6.45, 7) is -0.139. The molecule has 48 heavy (non-hydrogen) atoms. The second-order valence-electron chi connectivity index (χ2n) is 11.1. The van der Waals surface area contributed by atoms with Gasteiger partial charge >= 0.3 is 0 Å². The van der Waals surface area contributed by atoms with Crippen molar-refractivity contribution in [1.82, 2.24) is 14.9 Å². The molecule has 5 rings (SSSR count). The lowest BCUT2D eigenvalue weighted by molar-refractivity contribution is -0.128. The summed E-state index contributed by atoms with van der Waals surface area (Å²) < 4.78 is 2.23. The zero-order valence-electron chi connectivity index (χ0n) is 26.4. The molecule has 0 aromatic heterocycles. The average Bonchev–Trinajstić information content (AvgIpc) is 3.15. The van der Waals surface area contributed by atoms with Crippen molar-refractivity contribution in [2.24, 2.45) is 0 Å². The summed E-state index contributed by atoms with van der Waals surface area (Å²) >= 11 is 5.12.